The Morgan fingerprint density at radius 1 is 1.56 bits per heavy atom. The van der Waals surface area contributed by atoms with E-state index >= 15 is 0 Å². The van der Waals surface area contributed by atoms with Gasteiger partial charge in [0, 0.05) is 4.88 Å². The van der Waals surface area contributed by atoms with E-state index in [-0.39, 0.29) is 5.54 Å². The van der Waals surface area contributed by atoms with Gasteiger partial charge in [-0.3, -0.25) is 4.79 Å². The van der Waals surface area contributed by atoms with Crippen LogP contribution in [0.15, 0.2) is 12.1 Å². The van der Waals surface area contributed by atoms with Crippen molar-refractivity contribution >= 4 is 17.1 Å². The van der Waals surface area contributed by atoms with Crippen LogP contribution >= 0.6 is 11.3 Å². The molecular formula is C13H19NOS. The van der Waals surface area contributed by atoms with E-state index in [1.807, 2.05) is 12.1 Å². The fourth-order valence-electron chi connectivity index (χ4n) is 2.55. The molecule has 1 N–H and O–H groups in total. The fraction of sp³-hybridized carbons (Fsp3) is 0.615. The molecule has 0 radical (unpaired) electrons. The van der Waals surface area contributed by atoms with Crippen LogP contribution in [0.5, 0.6) is 0 Å². The van der Waals surface area contributed by atoms with Crippen LogP contribution in [0, 0.1) is 6.92 Å². The predicted molar refractivity (Wildman–Crippen MR) is 68.3 cm³/mol. The number of aryl methyl sites for hydroxylation is 1. The third-order valence-electron chi connectivity index (χ3n) is 3.32. The molecule has 3 heteroatoms. The first kappa shape index (κ1) is 11.8. The van der Waals surface area contributed by atoms with E-state index in [4.69, 9.17) is 0 Å². The molecular weight excluding hydrogens is 218 g/mol. The third-order valence-corrected chi connectivity index (χ3v) is 4.32. The Balaban J connectivity index is 2.23. The quantitative estimate of drug-likeness (QED) is 0.815. The number of rotatable bonds is 4. The van der Waals surface area contributed by atoms with Crippen molar-refractivity contribution in [1.82, 2.24) is 5.32 Å². The minimum absolute atomic E-state index is 0.258. The zero-order valence-corrected chi connectivity index (χ0v) is 10.8. The summed E-state index contributed by atoms with van der Waals surface area (Å²) in [5.74, 6) is 0.310. The second-order valence-electron chi connectivity index (χ2n) is 4.60. The normalized spacial score (nSPS) is 24.9. The van der Waals surface area contributed by atoms with Crippen molar-refractivity contribution in [3.05, 3.63) is 21.9 Å². The fourth-order valence-corrected chi connectivity index (χ4v) is 3.45. The van der Waals surface area contributed by atoms with Crippen LogP contribution in [0.3, 0.4) is 0 Å². The van der Waals surface area contributed by atoms with E-state index in [1.165, 1.54) is 4.88 Å². The lowest BCUT2D eigenvalue weighted by Gasteiger charge is -2.26. The Morgan fingerprint density at radius 2 is 2.38 bits per heavy atom. The molecule has 1 aromatic heterocycles. The number of ketones is 1. The third kappa shape index (κ3) is 2.06. The van der Waals surface area contributed by atoms with Crippen LogP contribution in [0.4, 0.5) is 0 Å². The molecule has 0 aromatic carbocycles. The highest BCUT2D eigenvalue weighted by Gasteiger charge is 2.40. The smallest absolute Gasteiger partial charge is 0.192 e. The summed E-state index contributed by atoms with van der Waals surface area (Å²) in [4.78, 5) is 14.7. The Hall–Kier alpha value is -0.670. The molecule has 16 heavy (non-hydrogen) atoms. The highest BCUT2D eigenvalue weighted by atomic mass is 32.1. The van der Waals surface area contributed by atoms with Crippen LogP contribution in [0.1, 0.15) is 47.2 Å². The zero-order chi connectivity index (χ0) is 11.6. The summed E-state index contributed by atoms with van der Waals surface area (Å²) in [6.07, 6.45) is 4.14. The summed E-state index contributed by atoms with van der Waals surface area (Å²) < 4.78 is 0. The molecule has 1 unspecified atom stereocenters. The van der Waals surface area contributed by atoms with Gasteiger partial charge in [-0.2, -0.15) is 0 Å². The van der Waals surface area contributed by atoms with Crippen molar-refractivity contribution in [1.29, 1.82) is 0 Å². The van der Waals surface area contributed by atoms with E-state index in [9.17, 15) is 4.79 Å². The van der Waals surface area contributed by atoms with Crippen LogP contribution in [-0.2, 0) is 0 Å². The molecule has 1 aromatic rings. The van der Waals surface area contributed by atoms with Crippen LogP contribution in [-0.4, -0.2) is 17.9 Å². The minimum atomic E-state index is -0.258. The lowest BCUT2D eigenvalue weighted by atomic mass is 9.86. The van der Waals surface area contributed by atoms with Crippen molar-refractivity contribution in [3.8, 4) is 0 Å². The first-order valence-corrected chi connectivity index (χ1v) is 6.86. The van der Waals surface area contributed by atoms with Crippen molar-refractivity contribution in [2.45, 2.75) is 45.1 Å². The van der Waals surface area contributed by atoms with Crippen molar-refractivity contribution in [2.24, 2.45) is 0 Å². The number of carbonyl (C=O) groups is 1. The van der Waals surface area contributed by atoms with Crippen molar-refractivity contribution in [3.63, 3.8) is 0 Å². The maximum atomic E-state index is 12.5. The molecule has 0 bridgehead atoms. The molecule has 1 fully saturated rings. The Kier molecular flexibility index (Phi) is 3.45. The Bertz CT molecular complexity index is 377. The molecule has 2 rings (SSSR count). The summed E-state index contributed by atoms with van der Waals surface area (Å²) in [6, 6.07) is 4.01. The van der Waals surface area contributed by atoms with Gasteiger partial charge < -0.3 is 5.32 Å². The number of carbonyl (C=O) groups excluding carboxylic acids is 1. The van der Waals surface area contributed by atoms with Crippen LogP contribution < -0.4 is 5.32 Å². The summed E-state index contributed by atoms with van der Waals surface area (Å²) >= 11 is 1.62. The van der Waals surface area contributed by atoms with Gasteiger partial charge in [-0.05, 0) is 44.9 Å². The topological polar surface area (TPSA) is 29.1 Å². The molecule has 1 saturated heterocycles. The molecule has 1 aliphatic rings. The number of Topliss-reactive ketones (excluding diaryl/α,β-unsaturated/α-hetero) is 1. The van der Waals surface area contributed by atoms with Crippen molar-refractivity contribution < 1.29 is 4.79 Å². The van der Waals surface area contributed by atoms with Gasteiger partial charge in [0.2, 0.25) is 0 Å². The molecule has 0 amide bonds. The summed E-state index contributed by atoms with van der Waals surface area (Å²) in [6.45, 7) is 5.18. The van der Waals surface area contributed by atoms with Gasteiger partial charge in [0.05, 0.1) is 10.4 Å². The second kappa shape index (κ2) is 4.68. The highest BCUT2D eigenvalue weighted by Crippen LogP contribution is 2.31. The average molecular weight is 237 g/mol. The first-order valence-electron chi connectivity index (χ1n) is 6.04. The molecule has 88 valence electrons. The number of hydrogen-bond acceptors (Lipinski definition) is 3. The van der Waals surface area contributed by atoms with E-state index in [1.54, 1.807) is 11.3 Å². The highest BCUT2D eigenvalue weighted by molar-refractivity contribution is 7.14. The van der Waals surface area contributed by atoms with Gasteiger partial charge in [-0.1, -0.05) is 13.3 Å². The van der Waals surface area contributed by atoms with E-state index in [0.29, 0.717) is 5.78 Å². The molecule has 2 nitrogen and oxygen atoms in total. The summed E-state index contributed by atoms with van der Waals surface area (Å²) in [5, 5.41) is 3.44. The number of thiophene rings is 1. The maximum Gasteiger partial charge on any atom is 0.192 e. The molecule has 2 heterocycles. The van der Waals surface area contributed by atoms with Crippen LogP contribution in [0.25, 0.3) is 0 Å². The van der Waals surface area contributed by atoms with E-state index in [2.05, 4.69) is 19.2 Å². The lowest BCUT2D eigenvalue weighted by Crippen LogP contribution is -2.47. The standard InChI is InChI=1S/C13H19NOS/c1-3-7-13(8-4-9-14-13)12(15)11-6-5-10(2)16-11/h5-6,14H,3-4,7-9H2,1-2H3. The number of nitrogens with one attached hydrogen (secondary N) is 1. The Morgan fingerprint density at radius 3 is 2.88 bits per heavy atom. The Labute approximate surface area is 101 Å². The van der Waals surface area contributed by atoms with E-state index < -0.39 is 0 Å². The van der Waals surface area contributed by atoms with Gasteiger partial charge in [-0.15, -0.1) is 11.3 Å². The molecule has 0 spiro atoms. The first-order chi connectivity index (χ1) is 7.68. The van der Waals surface area contributed by atoms with Crippen molar-refractivity contribution in [2.75, 3.05) is 6.54 Å². The number of hydrogen-bond donors (Lipinski definition) is 1. The maximum absolute atomic E-state index is 12.5. The predicted octanol–water partition coefficient (Wildman–Crippen LogP) is 3.16. The van der Waals surface area contributed by atoms with E-state index in [0.717, 1.165) is 37.1 Å². The van der Waals surface area contributed by atoms with Gasteiger partial charge >= 0.3 is 0 Å². The van der Waals surface area contributed by atoms with Gasteiger partial charge in [0.25, 0.3) is 0 Å². The van der Waals surface area contributed by atoms with Crippen LogP contribution in [0.2, 0.25) is 0 Å². The molecule has 1 atom stereocenters. The SMILES string of the molecule is CCCC1(C(=O)c2ccc(C)s2)CCCN1. The van der Waals surface area contributed by atoms with Gasteiger partial charge in [-0.25, -0.2) is 0 Å². The monoisotopic (exact) mass is 237 g/mol. The molecule has 0 aliphatic carbocycles. The van der Waals surface area contributed by atoms with Gasteiger partial charge in [0.1, 0.15) is 0 Å². The molecule has 0 saturated carbocycles. The minimum Gasteiger partial charge on any atom is -0.305 e. The largest absolute Gasteiger partial charge is 0.305 e. The lowest BCUT2D eigenvalue weighted by molar-refractivity contribution is 0.0862. The average Bonchev–Trinajstić information content (AvgIpc) is 2.87. The second-order valence-corrected chi connectivity index (χ2v) is 5.89. The summed E-state index contributed by atoms with van der Waals surface area (Å²) in [7, 11) is 0. The van der Waals surface area contributed by atoms with Gasteiger partial charge in [0.15, 0.2) is 5.78 Å². The zero-order valence-electron chi connectivity index (χ0n) is 10.0. The summed E-state index contributed by atoms with van der Waals surface area (Å²) in [5.41, 5.74) is -0.258. The molecule has 1 aliphatic heterocycles.